The van der Waals surface area contributed by atoms with Crippen molar-refractivity contribution >= 4 is 21.6 Å². The number of sulfonamides is 1. The molecule has 1 aliphatic rings. The Kier molecular flexibility index (Phi) is 7.56. The maximum absolute atomic E-state index is 12.8. The molecule has 1 N–H and O–H groups in total. The maximum atomic E-state index is 12.8. The van der Waals surface area contributed by atoms with E-state index in [4.69, 9.17) is 9.47 Å². The van der Waals surface area contributed by atoms with Crippen LogP contribution in [-0.2, 0) is 21.2 Å². The van der Waals surface area contributed by atoms with Crippen molar-refractivity contribution in [2.75, 3.05) is 32.6 Å². The van der Waals surface area contributed by atoms with Crippen LogP contribution in [0, 0.1) is 5.92 Å². The number of carbonyl (C=O) groups is 1. The molecular formula is C23H30N2O5S. The Labute approximate surface area is 184 Å². The average Bonchev–Trinajstić information content (AvgIpc) is 2.78. The summed E-state index contributed by atoms with van der Waals surface area (Å²) in [5.74, 6) is 1.68. The van der Waals surface area contributed by atoms with Crippen LogP contribution in [0.1, 0.15) is 31.7 Å². The molecule has 1 saturated heterocycles. The number of benzene rings is 2. The van der Waals surface area contributed by atoms with E-state index >= 15 is 0 Å². The number of amides is 1. The summed E-state index contributed by atoms with van der Waals surface area (Å²) in [7, 11) is -0.340. The largest absolute Gasteiger partial charge is 0.493 e. The lowest BCUT2D eigenvalue weighted by Gasteiger charge is -2.29. The van der Waals surface area contributed by atoms with Crippen molar-refractivity contribution in [1.82, 2.24) is 4.31 Å². The molecule has 0 radical (unpaired) electrons. The van der Waals surface area contributed by atoms with Crippen LogP contribution >= 0.6 is 0 Å². The Morgan fingerprint density at radius 3 is 2.29 bits per heavy atom. The van der Waals surface area contributed by atoms with E-state index in [2.05, 4.69) is 12.2 Å². The molecule has 0 unspecified atom stereocenters. The second-order valence-corrected chi connectivity index (χ2v) is 9.79. The number of piperidine rings is 1. The molecule has 1 heterocycles. The molecule has 7 nitrogen and oxygen atoms in total. The number of aryl methyl sites for hydroxylation is 1. The highest BCUT2D eigenvalue weighted by atomic mass is 32.2. The normalized spacial score (nSPS) is 15.5. The van der Waals surface area contributed by atoms with Gasteiger partial charge in [-0.15, -0.1) is 0 Å². The third-order valence-electron chi connectivity index (χ3n) is 5.61. The molecule has 0 spiro atoms. The number of hydrogen-bond acceptors (Lipinski definition) is 5. The molecule has 0 bridgehead atoms. The predicted molar refractivity (Wildman–Crippen MR) is 120 cm³/mol. The topological polar surface area (TPSA) is 84.9 Å². The van der Waals surface area contributed by atoms with Gasteiger partial charge in [-0.1, -0.05) is 13.0 Å². The van der Waals surface area contributed by atoms with E-state index in [0.717, 1.165) is 18.4 Å². The molecule has 168 valence electrons. The molecule has 31 heavy (non-hydrogen) atoms. The second kappa shape index (κ2) is 10.2. The number of nitrogens with one attached hydrogen (secondary N) is 1. The van der Waals surface area contributed by atoms with Crippen LogP contribution in [0.2, 0.25) is 0 Å². The van der Waals surface area contributed by atoms with Crippen LogP contribution in [0.3, 0.4) is 0 Å². The van der Waals surface area contributed by atoms with Crippen LogP contribution in [0.4, 0.5) is 5.69 Å². The lowest BCUT2D eigenvalue weighted by Crippen LogP contribution is -2.37. The van der Waals surface area contributed by atoms with E-state index in [-0.39, 0.29) is 10.8 Å². The summed E-state index contributed by atoms with van der Waals surface area (Å²) >= 11 is 0. The molecular weight excluding hydrogens is 416 g/mol. The smallest absolute Gasteiger partial charge is 0.243 e. The average molecular weight is 447 g/mol. The highest BCUT2D eigenvalue weighted by Crippen LogP contribution is 2.28. The third-order valence-corrected chi connectivity index (χ3v) is 7.52. The molecule has 2 aromatic rings. The highest BCUT2D eigenvalue weighted by Gasteiger charge is 2.27. The Morgan fingerprint density at radius 2 is 1.68 bits per heavy atom. The summed E-state index contributed by atoms with van der Waals surface area (Å²) in [5, 5.41) is 2.82. The Hall–Kier alpha value is -2.58. The van der Waals surface area contributed by atoms with Gasteiger partial charge in [0.25, 0.3) is 0 Å². The minimum atomic E-state index is -3.49. The maximum Gasteiger partial charge on any atom is 0.243 e. The molecule has 0 saturated carbocycles. The number of hydrogen-bond donors (Lipinski definition) is 1. The first-order valence-electron chi connectivity index (χ1n) is 10.4. The van der Waals surface area contributed by atoms with E-state index in [1.54, 1.807) is 42.8 Å². The van der Waals surface area contributed by atoms with Gasteiger partial charge in [-0.3, -0.25) is 4.79 Å². The number of nitrogens with zero attached hydrogens (tertiary/aromatic N) is 1. The summed E-state index contributed by atoms with van der Waals surface area (Å²) in [6.07, 6.45) is 2.61. The van der Waals surface area contributed by atoms with E-state index in [0.29, 0.717) is 49.0 Å². The zero-order chi connectivity index (χ0) is 22.4. The first-order valence-corrected chi connectivity index (χ1v) is 11.9. The van der Waals surface area contributed by atoms with Crippen LogP contribution in [-0.4, -0.2) is 45.9 Å². The van der Waals surface area contributed by atoms with Gasteiger partial charge in [0.2, 0.25) is 15.9 Å². The molecule has 0 aliphatic carbocycles. The number of methoxy groups -OCH3 is 2. The lowest BCUT2D eigenvalue weighted by atomic mass is 10.0. The summed E-state index contributed by atoms with van der Waals surface area (Å²) in [6.45, 7) is 3.25. The number of carbonyl (C=O) groups excluding carboxylic acids is 1. The summed E-state index contributed by atoms with van der Waals surface area (Å²) in [4.78, 5) is 12.6. The van der Waals surface area contributed by atoms with Crippen LogP contribution < -0.4 is 14.8 Å². The predicted octanol–water partition coefficient (Wildman–Crippen LogP) is 3.70. The van der Waals surface area contributed by atoms with Crippen molar-refractivity contribution in [2.24, 2.45) is 5.92 Å². The molecule has 1 fully saturated rings. The number of ether oxygens (including phenoxy) is 2. The van der Waals surface area contributed by atoms with E-state index in [1.165, 1.54) is 0 Å². The monoisotopic (exact) mass is 446 g/mol. The molecule has 2 aromatic carbocycles. The highest BCUT2D eigenvalue weighted by molar-refractivity contribution is 7.89. The fraction of sp³-hybridized carbons (Fsp3) is 0.435. The van der Waals surface area contributed by atoms with Gasteiger partial charge in [0.05, 0.1) is 19.1 Å². The summed E-state index contributed by atoms with van der Waals surface area (Å²) < 4.78 is 37.7. The van der Waals surface area contributed by atoms with Gasteiger partial charge in [0, 0.05) is 25.2 Å². The Morgan fingerprint density at radius 1 is 1.03 bits per heavy atom. The fourth-order valence-corrected chi connectivity index (χ4v) is 5.07. The minimum absolute atomic E-state index is 0.143. The summed E-state index contributed by atoms with van der Waals surface area (Å²) in [6, 6.07) is 11.9. The van der Waals surface area contributed by atoms with Gasteiger partial charge >= 0.3 is 0 Å². The Bertz CT molecular complexity index is 997. The van der Waals surface area contributed by atoms with Gasteiger partial charge in [-0.05, 0) is 67.1 Å². The molecule has 3 rings (SSSR count). The van der Waals surface area contributed by atoms with Crippen LogP contribution in [0.15, 0.2) is 47.4 Å². The van der Waals surface area contributed by atoms with Crippen molar-refractivity contribution in [3.05, 3.63) is 48.0 Å². The van der Waals surface area contributed by atoms with E-state index in [1.807, 2.05) is 18.2 Å². The first kappa shape index (κ1) is 23.1. The van der Waals surface area contributed by atoms with Crippen LogP contribution in [0.5, 0.6) is 11.5 Å². The van der Waals surface area contributed by atoms with Crippen molar-refractivity contribution in [3.8, 4) is 11.5 Å². The van der Waals surface area contributed by atoms with Gasteiger partial charge in [-0.2, -0.15) is 4.31 Å². The molecule has 8 heteroatoms. The number of anilines is 1. The Balaban J connectivity index is 1.56. The quantitative estimate of drug-likeness (QED) is 0.668. The van der Waals surface area contributed by atoms with Crippen molar-refractivity contribution in [1.29, 1.82) is 0 Å². The van der Waals surface area contributed by atoms with Crippen molar-refractivity contribution in [2.45, 2.75) is 37.5 Å². The molecule has 0 atom stereocenters. The van der Waals surface area contributed by atoms with E-state index in [9.17, 15) is 13.2 Å². The molecule has 1 amide bonds. The third kappa shape index (κ3) is 5.77. The standard InChI is InChI=1S/C23H30N2O5S/c1-17-12-14-25(15-13-17)31(27,28)20-8-6-19(7-9-20)24-23(26)11-5-18-4-10-21(29-2)22(16-18)30-3/h4,6-10,16-17H,5,11-15H2,1-3H3,(H,24,26). The molecule has 1 aliphatic heterocycles. The summed E-state index contributed by atoms with van der Waals surface area (Å²) in [5.41, 5.74) is 1.54. The van der Waals surface area contributed by atoms with Crippen molar-refractivity contribution < 1.29 is 22.7 Å². The van der Waals surface area contributed by atoms with Gasteiger partial charge in [0.15, 0.2) is 11.5 Å². The number of rotatable bonds is 8. The second-order valence-electron chi connectivity index (χ2n) is 7.85. The minimum Gasteiger partial charge on any atom is -0.493 e. The van der Waals surface area contributed by atoms with Gasteiger partial charge in [-0.25, -0.2) is 8.42 Å². The molecule has 0 aromatic heterocycles. The van der Waals surface area contributed by atoms with E-state index < -0.39 is 10.0 Å². The first-order chi connectivity index (χ1) is 14.8. The zero-order valence-corrected chi connectivity index (χ0v) is 19.1. The van der Waals surface area contributed by atoms with Crippen LogP contribution in [0.25, 0.3) is 0 Å². The SMILES string of the molecule is COc1ccc(CCC(=O)Nc2ccc(S(=O)(=O)N3CCC(C)CC3)cc2)cc1OC. The zero-order valence-electron chi connectivity index (χ0n) is 18.3. The van der Waals surface area contributed by atoms with Gasteiger partial charge in [0.1, 0.15) is 0 Å². The fourth-order valence-electron chi connectivity index (χ4n) is 3.60. The van der Waals surface area contributed by atoms with Crippen molar-refractivity contribution in [3.63, 3.8) is 0 Å². The van der Waals surface area contributed by atoms with Gasteiger partial charge < -0.3 is 14.8 Å². The lowest BCUT2D eigenvalue weighted by molar-refractivity contribution is -0.116.